The second-order valence-corrected chi connectivity index (χ2v) is 5.46. The highest BCUT2D eigenvalue weighted by Gasteiger charge is 2.16. The third kappa shape index (κ3) is 3.32. The molecule has 0 fully saturated rings. The number of benzene rings is 1. The Balaban J connectivity index is 1.72. The maximum atomic E-state index is 12.0. The van der Waals surface area contributed by atoms with Crippen LogP contribution in [0.15, 0.2) is 27.7 Å². The van der Waals surface area contributed by atoms with E-state index in [2.05, 4.69) is 10.5 Å². The van der Waals surface area contributed by atoms with Gasteiger partial charge in [0.05, 0.1) is 16.8 Å². The molecule has 0 bridgehead atoms. The summed E-state index contributed by atoms with van der Waals surface area (Å²) < 4.78 is 16.3. The SMILES string of the molecule is Cc1cc(C(=O)N/N=C\c2cc(Cl)c3c(c2)OCCO3)c(C)o1. The van der Waals surface area contributed by atoms with Crippen LogP contribution in [0.1, 0.15) is 27.4 Å². The Kier molecular flexibility index (Phi) is 4.25. The summed E-state index contributed by atoms with van der Waals surface area (Å²) in [5, 5.41) is 4.38. The summed E-state index contributed by atoms with van der Waals surface area (Å²) in [4.78, 5) is 12.0. The molecule has 23 heavy (non-hydrogen) atoms. The molecule has 1 aliphatic rings. The van der Waals surface area contributed by atoms with Crippen LogP contribution in [0.3, 0.4) is 0 Å². The van der Waals surface area contributed by atoms with Gasteiger partial charge in [-0.3, -0.25) is 4.79 Å². The molecular weight excluding hydrogens is 320 g/mol. The van der Waals surface area contributed by atoms with Crippen molar-refractivity contribution in [2.24, 2.45) is 5.10 Å². The Morgan fingerprint density at radius 2 is 2.04 bits per heavy atom. The second-order valence-electron chi connectivity index (χ2n) is 5.05. The summed E-state index contributed by atoms with van der Waals surface area (Å²) in [5.74, 6) is 1.99. The first-order valence-corrected chi connectivity index (χ1v) is 7.42. The van der Waals surface area contributed by atoms with E-state index in [1.165, 1.54) is 6.21 Å². The van der Waals surface area contributed by atoms with Crippen molar-refractivity contribution < 1.29 is 18.7 Å². The molecule has 0 radical (unpaired) electrons. The number of halogens is 1. The van der Waals surface area contributed by atoms with E-state index in [0.29, 0.717) is 52.4 Å². The minimum absolute atomic E-state index is 0.334. The van der Waals surface area contributed by atoms with E-state index in [-0.39, 0.29) is 5.91 Å². The zero-order chi connectivity index (χ0) is 16.4. The first kappa shape index (κ1) is 15.4. The lowest BCUT2D eigenvalue weighted by Gasteiger charge is -2.19. The van der Waals surface area contributed by atoms with Gasteiger partial charge < -0.3 is 13.9 Å². The largest absolute Gasteiger partial charge is 0.486 e. The van der Waals surface area contributed by atoms with Crippen LogP contribution in [0.4, 0.5) is 0 Å². The number of carbonyl (C=O) groups is 1. The molecule has 1 aromatic carbocycles. The zero-order valence-corrected chi connectivity index (χ0v) is 13.4. The van der Waals surface area contributed by atoms with Crippen molar-refractivity contribution in [3.8, 4) is 11.5 Å². The monoisotopic (exact) mass is 334 g/mol. The van der Waals surface area contributed by atoms with E-state index in [0.717, 1.165) is 0 Å². The van der Waals surface area contributed by atoms with Gasteiger partial charge in [0.2, 0.25) is 0 Å². The molecule has 0 saturated heterocycles. The quantitative estimate of drug-likeness (QED) is 0.691. The summed E-state index contributed by atoms with van der Waals surface area (Å²) in [6, 6.07) is 5.11. The van der Waals surface area contributed by atoms with Crippen LogP contribution in [0.2, 0.25) is 5.02 Å². The van der Waals surface area contributed by atoms with Gasteiger partial charge in [-0.15, -0.1) is 0 Å². The van der Waals surface area contributed by atoms with Gasteiger partial charge in [-0.05, 0) is 37.6 Å². The lowest BCUT2D eigenvalue weighted by Crippen LogP contribution is -2.18. The number of amides is 1. The smallest absolute Gasteiger partial charge is 0.274 e. The molecule has 1 amide bonds. The minimum atomic E-state index is -0.334. The van der Waals surface area contributed by atoms with Crippen LogP contribution in [0, 0.1) is 13.8 Å². The Bertz CT molecular complexity index is 783. The molecule has 0 spiro atoms. The summed E-state index contributed by atoms with van der Waals surface area (Å²) in [6.45, 7) is 4.45. The molecule has 0 unspecified atom stereocenters. The van der Waals surface area contributed by atoms with Gasteiger partial charge >= 0.3 is 0 Å². The van der Waals surface area contributed by atoms with Gasteiger partial charge in [0.1, 0.15) is 24.7 Å². The van der Waals surface area contributed by atoms with E-state index < -0.39 is 0 Å². The standard InChI is InChI=1S/C16H15ClN2O4/c1-9-5-12(10(2)23-9)16(20)19-18-8-11-6-13(17)15-14(7-11)21-3-4-22-15/h5-8H,3-4H2,1-2H3,(H,19,20)/b18-8-. The number of fused-ring (bicyclic) bond motifs is 1. The molecule has 2 aromatic rings. The molecule has 0 aliphatic carbocycles. The predicted molar refractivity (Wildman–Crippen MR) is 85.7 cm³/mol. The molecule has 1 aromatic heterocycles. The molecule has 2 heterocycles. The van der Waals surface area contributed by atoms with Crippen LogP contribution in [0.5, 0.6) is 11.5 Å². The number of aryl methyl sites for hydroxylation is 2. The van der Waals surface area contributed by atoms with E-state index in [4.69, 9.17) is 25.5 Å². The second kappa shape index (κ2) is 6.34. The number of nitrogens with zero attached hydrogens (tertiary/aromatic N) is 1. The number of carbonyl (C=O) groups excluding carboxylic acids is 1. The van der Waals surface area contributed by atoms with E-state index in [1.807, 2.05) is 0 Å². The Labute approximate surface area is 138 Å². The molecule has 7 heteroatoms. The van der Waals surface area contributed by atoms with Crippen molar-refractivity contribution >= 4 is 23.7 Å². The van der Waals surface area contributed by atoms with Crippen LogP contribution in [-0.2, 0) is 0 Å². The van der Waals surface area contributed by atoms with Crippen molar-refractivity contribution in [1.82, 2.24) is 5.43 Å². The average molecular weight is 335 g/mol. The number of nitrogens with one attached hydrogen (secondary N) is 1. The van der Waals surface area contributed by atoms with Gasteiger partial charge in [-0.1, -0.05) is 11.6 Å². The van der Waals surface area contributed by atoms with Gasteiger partial charge in [0.15, 0.2) is 11.5 Å². The van der Waals surface area contributed by atoms with Gasteiger partial charge in [0.25, 0.3) is 5.91 Å². The van der Waals surface area contributed by atoms with Crippen molar-refractivity contribution in [2.75, 3.05) is 13.2 Å². The molecule has 0 atom stereocenters. The van der Waals surface area contributed by atoms with Crippen molar-refractivity contribution in [2.45, 2.75) is 13.8 Å². The maximum absolute atomic E-state index is 12.0. The minimum Gasteiger partial charge on any atom is -0.486 e. The normalized spacial score (nSPS) is 13.3. The predicted octanol–water partition coefficient (Wildman–Crippen LogP) is 3.08. The van der Waals surface area contributed by atoms with Crippen molar-refractivity contribution in [1.29, 1.82) is 0 Å². The molecule has 1 N–H and O–H groups in total. The highest BCUT2D eigenvalue weighted by molar-refractivity contribution is 6.32. The maximum Gasteiger partial charge on any atom is 0.274 e. The number of hydrogen-bond donors (Lipinski definition) is 1. The topological polar surface area (TPSA) is 73.1 Å². The zero-order valence-electron chi connectivity index (χ0n) is 12.7. The lowest BCUT2D eigenvalue weighted by molar-refractivity contribution is 0.0953. The number of hydrogen-bond acceptors (Lipinski definition) is 5. The third-order valence-corrected chi connectivity index (χ3v) is 3.57. The fraction of sp³-hybridized carbons (Fsp3) is 0.250. The van der Waals surface area contributed by atoms with Gasteiger partial charge in [-0.25, -0.2) is 5.43 Å². The number of rotatable bonds is 3. The summed E-state index contributed by atoms with van der Waals surface area (Å²) in [5.41, 5.74) is 3.61. The molecule has 3 rings (SSSR count). The average Bonchev–Trinajstić information content (AvgIpc) is 2.86. The van der Waals surface area contributed by atoms with Crippen LogP contribution < -0.4 is 14.9 Å². The molecule has 6 nitrogen and oxygen atoms in total. The molecule has 120 valence electrons. The van der Waals surface area contributed by atoms with E-state index in [1.54, 1.807) is 32.0 Å². The number of ether oxygens (including phenoxy) is 2. The van der Waals surface area contributed by atoms with Crippen LogP contribution in [0.25, 0.3) is 0 Å². The first-order valence-electron chi connectivity index (χ1n) is 7.04. The van der Waals surface area contributed by atoms with Crippen LogP contribution in [-0.4, -0.2) is 25.3 Å². The van der Waals surface area contributed by atoms with Crippen LogP contribution >= 0.6 is 11.6 Å². The Hall–Kier alpha value is -2.47. The van der Waals surface area contributed by atoms with Gasteiger partial charge in [-0.2, -0.15) is 5.10 Å². The van der Waals surface area contributed by atoms with E-state index in [9.17, 15) is 4.79 Å². The van der Waals surface area contributed by atoms with E-state index >= 15 is 0 Å². The molecular formula is C16H15ClN2O4. The summed E-state index contributed by atoms with van der Waals surface area (Å²) in [6.07, 6.45) is 1.49. The number of hydrazone groups is 1. The molecule has 0 saturated carbocycles. The lowest BCUT2D eigenvalue weighted by atomic mass is 10.2. The summed E-state index contributed by atoms with van der Waals surface area (Å²) in [7, 11) is 0. The Morgan fingerprint density at radius 1 is 1.26 bits per heavy atom. The number of furan rings is 1. The Morgan fingerprint density at radius 3 is 2.78 bits per heavy atom. The fourth-order valence-electron chi connectivity index (χ4n) is 2.29. The highest BCUT2D eigenvalue weighted by atomic mass is 35.5. The molecule has 1 aliphatic heterocycles. The summed E-state index contributed by atoms with van der Waals surface area (Å²) >= 11 is 6.14. The third-order valence-electron chi connectivity index (χ3n) is 3.28. The van der Waals surface area contributed by atoms with Crippen molar-refractivity contribution in [3.05, 3.63) is 45.9 Å². The van der Waals surface area contributed by atoms with Gasteiger partial charge in [0, 0.05) is 0 Å². The first-order chi connectivity index (χ1) is 11.0. The fourth-order valence-corrected chi connectivity index (χ4v) is 2.56. The highest BCUT2D eigenvalue weighted by Crippen LogP contribution is 2.37. The van der Waals surface area contributed by atoms with Crippen molar-refractivity contribution in [3.63, 3.8) is 0 Å².